The molecule has 0 aliphatic carbocycles. The van der Waals surface area contributed by atoms with Crippen molar-refractivity contribution < 1.29 is 18.0 Å². The van der Waals surface area contributed by atoms with Gasteiger partial charge in [-0.25, -0.2) is 13.2 Å². The van der Waals surface area contributed by atoms with Crippen molar-refractivity contribution >= 4 is 28.9 Å². The van der Waals surface area contributed by atoms with Crippen molar-refractivity contribution in [2.45, 2.75) is 31.8 Å². The third-order valence-electron chi connectivity index (χ3n) is 8.02. The lowest BCUT2D eigenvalue weighted by molar-refractivity contribution is -0.116. The first-order valence-electron chi connectivity index (χ1n) is 13.8. The summed E-state index contributed by atoms with van der Waals surface area (Å²) in [5.41, 5.74) is 2.08. The van der Waals surface area contributed by atoms with E-state index in [9.17, 15) is 18.0 Å². The molecule has 1 N–H and O–H groups in total. The zero-order valence-electron chi connectivity index (χ0n) is 22.3. The Morgan fingerprint density at radius 2 is 1.62 bits per heavy atom. The van der Waals surface area contributed by atoms with E-state index < -0.39 is 11.6 Å². The van der Waals surface area contributed by atoms with Gasteiger partial charge in [0.05, 0.1) is 5.69 Å². The second-order valence-corrected chi connectivity index (χ2v) is 11.1. The van der Waals surface area contributed by atoms with Gasteiger partial charge in [-0.15, -0.1) is 0 Å². The first-order chi connectivity index (χ1) is 19.4. The standard InChI is InChI=1S/C31H34ClF3N4O/c32-24-8-5-22(6-9-24)20-37-14-13-29(38-15-17-39(18-16-38)30-4-2-1-3-27(30)34)23(21-37)7-12-31(40)36-25-10-11-26(33)28(35)19-25/h1-6,8-11,19,23,29H,7,12-18,20-21H2,(H,36,40)/t23-,29+/m1/s1. The number of nitrogens with one attached hydrogen (secondary N) is 1. The average Bonchev–Trinajstić information content (AvgIpc) is 2.96. The molecule has 0 radical (unpaired) electrons. The van der Waals surface area contributed by atoms with E-state index in [1.807, 2.05) is 36.4 Å². The van der Waals surface area contributed by atoms with Crippen LogP contribution in [0.3, 0.4) is 0 Å². The van der Waals surface area contributed by atoms with Gasteiger partial charge < -0.3 is 10.2 Å². The number of likely N-dealkylation sites (tertiary alicyclic amines) is 1. The first kappa shape index (κ1) is 28.5. The van der Waals surface area contributed by atoms with Crippen LogP contribution in [0.4, 0.5) is 24.5 Å². The highest BCUT2D eigenvalue weighted by Crippen LogP contribution is 2.30. The Morgan fingerprint density at radius 3 is 2.35 bits per heavy atom. The molecule has 2 aliphatic heterocycles. The molecule has 2 fully saturated rings. The lowest BCUT2D eigenvalue weighted by Gasteiger charge is -2.47. The fourth-order valence-corrected chi connectivity index (χ4v) is 6.09. The van der Waals surface area contributed by atoms with Crippen molar-refractivity contribution in [3.05, 3.63) is 94.8 Å². The van der Waals surface area contributed by atoms with Crippen LogP contribution in [0.25, 0.3) is 0 Å². The van der Waals surface area contributed by atoms with Gasteiger partial charge in [0.1, 0.15) is 5.82 Å². The molecule has 2 saturated heterocycles. The van der Waals surface area contributed by atoms with Gasteiger partial charge in [-0.3, -0.25) is 14.6 Å². The van der Waals surface area contributed by atoms with Crippen LogP contribution in [0.15, 0.2) is 66.7 Å². The second-order valence-electron chi connectivity index (χ2n) is 10.7. The number of halogens is 4. The molecule has 212 valence electrons. The molecule has 0 bridgehead atoms. The number of piperidine rings is 1. The number of carbonyl (C=O) groups excluding carboxylic acids is 1. The molecule has 3 aromatic carbocycles. The third kappa shape index (κ3) is 7.16. The monoisotopic (exact) mass is 570 g/mol. The zero-order valence-corrected chi connectivity index (χ0v) is 23.1. The van der Waals surface area contributed by atoms with Crippen LogP contribution in [-0.2, 0) is 11.3 Å². The van der Waals surface area contributed by atoms with E-state index in [4.69, 9.17) is 11.6 Å². The Hall–Kier alpha value is -3.07. The van der Waals surface area contributed by atoms with Crippen LogP contribution in [-0.4, -0.2) is 61.0 Å². The van der Waals surface area contributed by atoms with E-state index >= 15 is 0 Å². The lowest BCUT2D eigenvalue weighted by Crippen LogP contribution is -2.56. The number of hydrogen-bond acceptors (Lipinski definition) is 4. The summed E-state index contributed by atoms with van der Waals surface area (Å²) in [5.74, 6) is -2.10. The van der Waals surface area contributed by atoms with Gasteiger partial charge in [-0.1, -0.05) is 35.9 Å². The first-order valence-corrected chi connectivity index (χ1v) is 14.2. The summed E-state index contributed by atoms with van der Waals surface area (Å²) in [5, 5.41) is 3.41. The number of rotatable bonds is 8. The molecule has 5 nitrogen and oxygen atoms in total. The van der Waals surface area contributed by atoms with Crippen LogP contribution in [0.2, 0.25) is 5.02 Å². The SMILES string of the molecule is O=C(CC[C@@H]1CN(Cc2ccc(Cl)cc2)CC[C@@H]1N1CCN(c2ccccc2F)CC1)Nc1ccc(F)c(F)c1. The lowest BCUT2D eigenvalue weighted by atomic mass is 9.86. The topological polar surface area (TPSA) is 38.8 Å². The fourth-order valence-electron chi connectivity index (χ4n) is 5.97. The second kappa shape index (κ2) is 13.1. The summed E-state index contributed by atoms with van der Waals surface area (Å²) >= 11 is 6.07. The number of hydrogen-bond donors (Lipinski definition) is 1. The van der Waals surface area contributed by atoms with Crippen molar-refractivity contribution in [3.8, 4) is 0 Å². The Morgan fingerprint density at radius 1 is 0.875 bits per heavy atom. The van der Waals surface area contributed by atoms with E-state index in [2.05, 4.69) is 20.0 Å². The van der Waals surface area contributed by atoms with Crippen molar-refractivity contribution in [1.82, 2.24) is 9.80 Å². The summed E-state index contributed by atoms with van der Waals surface area (Å²) in [7, 11) is 0. The van der Waals surface area contributed by atoms with Gasteiger partial charge in [0, 0.05) is 68.5 Å². The van der Waals surface area contributed by atoms with Gasteiger partial charge >= 0.3 is 0 Å². The Balaban J connectivity index is 1.23. The number of para-hydroxylation sites is 1. The predicted molar refractivity (Wildman–Crippen MR) is 153 cm³/mol. The molecular weight excluding hydrogens is 537 g/mol. The third-order valence-corrected chi connectivity index (χ3v) is 8.27. The maximum atomic E-state index is 14.4. The molecule has 2 heterocycles. The van der Waals surface area contributed by atoms with Crippen molar-refractivity contribution in [2.24, 2.45) is 5.92 Å². The largest absolute Gasteiger partial charge is 0.367 e. The van der Waals surface area contributed by atoms with Crippen LogP contribution >= 0.6 is 11.6 Å². The van der Waals surface area contributed by atoms with E-state index in [-0.39, 0.29) is 29.8 Å². The minimum absolute atomic E-state index is 0.198. The summed E-state index contributed by atoms with van der Waals surface area (Å²) in [6, 6.07) is 18.5. The Labute approximate surface area is 238 Å². The normalized spacial score (nSPS) is 20.4. The quantitative estimate of drug-likeness (QED) is 0.351. The minimum atomic E-state index is -0.988. The highest BCUT2D eigenvalue weighted by atomic mass is 35.5. The number of piperazine rings is 1. The summed E-state index contributed by atoms with van der Waals surface area (Å²) < 4.78 is 41.2. The Bertz CT molecular complexity index is 1300. The van der Waals surface area contributed by atoms with E-state index in [0.717, 1.165) is 64.4 Å². The van der Waals surface area contributed by atoms with Crippen molar-refractivity contribution in [2.75, 3.05) is 49.5 Å². The number of benzene rings is 3. The summed E-state index contributed by atoms with van der Waals surface area (Å²) in [6.07, 6.45) is 1.93. The fraction of sp³-hybridized carbons (Fsp3) is 0.387. The molecule has 40 heavy (non-hydrogen) atoms. The molecule has 0 spiro atoms. The van der Waals surface area contributed by atoms with Crippen LogP contribution in [0.5, 0.6) is 0 Å². The molecule has 0 saturated carbocycles. The van der Waals surface area contributed by atoms with Gasteiger partial charge in [0.25, 0.3) is 0 Å². The summed E-state index contributed by atoms with van der Waals surface area (Å²) in [4.78, 5) is 19.8. The predicted octanol–water partition coefficient (Wildman–Crippen LogP) is 6.19. The number of anilines is 2. The minimum Gasteiger partial charge on any atom is -0.367 e. The van der Waals surface area contributed by atoms with E-state index in [0.29, 0.717) is 23.2 Å². The molecule has 1 amide bonds. The maximum Gasteiger partial charge on any atom is 0.224 e. The highest BCUT2D eigenvalue weighted by molar-refractivity contribution is 6.30. The average molecular weight is 571 g/mol. The van der Waals surface area contributed by atoms with E-state index in [1.54, 1.807) is 6.07 Å². The molecule has 3 aromatic rings. The molecule has 2 atom stereocenters. The Kier molecular flexibility index (Phi) is 9.29. The van der Waals surface area contributed by atoms with Crippen molar-refractivity contribution in [3.63, 3.8) is 0 Å². The van der Waals surface area contributed by atoms with Gasteiger partial charge in [-0.05, 0) is 67.3 Å². The highest BCUT2D eigenvalue weighted by Gasteiger charge is 2.35. The molecule has 9 heteroatoms. The van der Waals surface area contributed by atoms with Gasteiger partial charge in [-0.2, -0.15) is 0 Å². The molecule has 5 rings (SSSR count). The molecular formula is C31H34ClF3N4O. The smallest absolute Gasteiger partial charge is 0.224 e. The number of carbonyl (C=O) groups is 1. The van der Waals surface area contributed by atoms with Crippen LogP contribution < -0.4 is 10.2 Å². The molecule has 0 unspecified atom stereocenters. The number of amides is 1. The molecule has 2 aliphatic rings. The number of nitrogens with zero attached hydrogens (tertiary/aromatic N) is 3. The van der Waals surface area contributed by atoms with Crippen LogP contribution in [0.1, 0.15) is 24.8 Å². The van der Waals surface area contributed by atoms with E-state index in [1.165, 1.54) is 17.7 Å². The zero-order chi connectivity index (χ0) is 28.1. The van der Waals surface area contributed by atoms with Crippen LogP contribution in [0, 0.1) is 23.4 Å². The maximum absolute atomic E-state index is 14.4. The molecule has 0 aromatic heterocycles. The summed E-state index contributed by atoms with van der Waals surface area (Å²) in [6.45, 7) is 5.74. The van der Waals surface area contributed by atoms with Gasteiger partial charge in [0.15, 0.2) is 11.6 Å². The van der Waals surface area contributed by atoms with Crippen molar-refractivity contribution in [1.29, 1.82) is 0 Å². The van der Waals surface area contributed by atoms with Gasteiger partial charge in [0.2, 0.25) is 5.91 Å².